The molecule has 0 saturated heterocycles. The molecule has 1 saturated carbocycles. The van der Waals surface area contributed by atoms with Crippen LogP contribution in [-0.2, 0) is 5.54 Å². The number of anilines is 1. The Labute approximate surface area is 188 Å². The van der Waals surface area contributed by atoms with Gasteiger partial charge >= 0.3 is 0 Å². The first-order valence-corrected chi connectivity index (χ1v) is 10.8. The van der Waals surface area contributed by atoms with Crippen LogP contribution in [0.3, 0.4) is 0 Å². The zero-order chi connectivity index (χ0) is 22.1. The predicted octanol–water partition coefficient (Wildman–Crippen LogP) is 5.55. The van der Waals surface area contributed by atoms with Gasteiger partial charge in [0, 0.05) is 22.4 Å². The summed E-state index contributed by atoms with van der Waals surface area (Å²) in [7, 11) is 0. The van der Waals surface area contributed by atoms with Crippen molar-refractivity contribution < 1.29 is 4.79 Å². The van der Waals surface area contributed by atoms with E-state index >= 15 is 0 Å². The molecule has 32 heavy (non-hydrogen) atoms. The predicted molar refractivity (Wildman–Crippen MR) is 130 cm³/mol. The molecule has 0 unspecified atom stereocenters. The number of rotatable bonds is 3. The molecule has 1 amide bonds. The van der Waals surface area contributed by atoms with E-state index in [1.54, 1.807) is 6.07 Å². The van der Waals surface area contributed by atoms with Crippen LogP contribution in [0.5, 0.6) is 0 Å². The van der Waals surface area contributed by atoms with Crippen molar-refractivity contribution in [2.45, 2.75) is 25.3 Å². The first kappa shape index (κ1) is 19.9. The highest BCUT2D eigenvalue weighted by Gasteiger charge is 2.46. The summed E-state index contributed by atoms with van der Waals surface area (Å²) in [5.41, 5.74) is 10.8. The topological polar surface area (TPSA) is 55.1 Å². The molecule has 156 valence electrons. The maximum atomic E-state index is 13.3. The van der Waals surface area contributed by atoms with Gasteiger partial charge in [-0.3, -0.25) is 4.79 Å². The molecule has 0 radical (unpaired) electrons. The van der Waals surface area contributed by atoms with E-state index in [1.807, 2.05) is 55.5 Å². The van der Waals surface area contributed by atoms with E-state index in [1.165, 1.54) is 16.3 Å². The zero-order valence-corrected chi connectivity index (χ0v) is 18.0. The van der Waals surface area contributed by atoms with E-state index in [-0.39, 0.29) is 11.4 Å². The van der Waals surface area contributed by atoms with Crippen molar-refractivity contribution in [3.8, 4) is 11.8 Å². The van der Waals surface area contributed by atoms with E-state index in [0.29, 0.717) is 11.3 Å². The van der Waals surface area contributed by atoms with E-state index in [4.69, 9.17) is 5.73 Å². The van der Waals surface area contributed by atoms with E-state index < -0.39 is 0 Å². The number of hydrogen-bond acceptors (Lipinski definition) is 2. The van der Waals surface area contributed by atoms with Gasteiger partial charge in [-0.25, -0.2) is 0 Å². The van der Waals surface area contributed by atoms with Crippen molar-refractivity contribution in [3.05, 3.63) is 113 Å². The van der Waals surface area contributed by atoms with Crippen LogP contribution in [0.15, 0.2) is 84.9 Å². The fourth-order valence-electron chi connectivity index (χ4n) is 4.25. The molecule has 0 bridgehead atoms. The quantitative estimate of drug-likeness (QED) is 0.340. The van der Waals surface area contributed by atoms with Gasteiger partial charge in [0.25, 0.3) is 5.91 Å². The molecular formula is C29H24N2O. The van der Waals surface area contributed by atoms with E-state index in [0.717, 1.165) is 29.5 Å². The van der Waals surface area contributed by atoms with Crippen molar-refractivity contribution in [1.82, 2.24) is 5.32 Å². The Bertz CT molecular complexity index is 1380. The maximum absolute atomic E-state index is 13.3. The number of amides is 1. The smallest absolute Gasteiger partial charge is 0.252 e. The largest absolute Gasteiger partial charge is 0.398 e. The van der Waals surface area contributed by atoms with Crippen LogP contribution >= 0.6 is 0 Å². The standard InChI is InChI=1S/C29H24N2O/c1-20-18-23(15-14-21-8-3-2-4-9-21)27(30)19-25(20)28(32)31-29(16-17-29)26-13-7-11-22-10-5-6-12-24(22)26/h2-13,18-19H,16-17,30H2,1H3,(H,31,32). The molecule has 0 spiro atoms. The van der Waals surface area contributed by atoms with E-state index in [2.05, 4.69) is 47.5 Å². The number of carbonyl (C=O) groups is 1. The molecule has 4 aromatic rings. The summed E-state index contributed by atoms with van der Waals surface area (Å²) < 4.78 is 0. The van der Waals surface area contributed by atoms with Crippen LogP contribution in [0, 0.1) is 18.8 Å². The third-order valence-corrected chi connectivity index (χ3v) is 6.16. The second-order valence-corrected chi connectivity index (χ2v) is 8.43. The molecular weight excluding hydrogens is 392 g/mol. The second-order valence-electron chi connectivity index (χ2n) is 8.43. The summed E-state index contributed by atoms with van der Waals surface area (Å²) in [6, 6.07) is 28.0. The highest BCUT2D eigenvalue weighted by molar-refractivity contribution is 5.98. The molecule has 5 rings (SSSR count). The normalized spacial score (nSPS) is 13.8. The van der Waals surface area contributed by atoms with Gasteiger partial charge in [-0.1, -0.05) is 72.5 Å². The van der Waals surface area contributed by atoms with Gasteiger partial charge in [-0.2, -0.15) is 0 Å². The third kappa shape index (κ3) is 3.72. The third-order valence-electron chi connectivity index (χ3n) is 6.16. The van der Waals surface area contributed by atoms with Gasteiger partial charge in [0.15, 0.2) is 0 Å². The van der Waals surface area contributed by atoms with E-state index in [9.17, 15) is 4.79 Å². The van der Waals surface area contributed by atoms with Crippen molar-refractivity contribution in [2.24, 2.45) is 0 Å². The molecule has 0 aromatic heterocycles. The summed E-state index contributed by atoms with van der Waals surface area (Å²) in [6.07, 6.45) is 1.86. The van der Waals surface area contributed by atoms with Crippen LogP contribution in [0.1, 0.15) is 45.5 Å². The lowest BCUT2D eigenvalue weighted by Gasteiger charge is -2.21. The lowest BCUT2D eigenvalue weighted by atomic mass is 9.96. The first-order chi connectivity index (χ1) is 15.6. The number of hydrogen-bond donors (Lipinski definition) is 2. The Hall–Kier alpha value is -4.03. The molecule has 1 aliphatic carbocycles. The maximum Gasteiger partial charge on any atom is 0.252 e. The molecule has 0 atom stereocenters. The molecule has 0 heterocycles. The monoisotopic (exact) mass is 416 g/mol. The highest BCUT2D eigenvalue weighted by Crippen LogP contribution is 2.48. The number of nitrogen functional groups attached to an aromatic ring is 1. The highest BCUT2D eigenvalue weighted by atomic mass is 16.1. The Morgan fingerprint density at radius 2 is 1.62 bits per heavy atom. The number of aryl methyl sites for hydroxylation is 1. The fourth-order valence-corrected chi connectivity index (χ4v) is 4.25. The molecule has 3 heteroatoms. The zero-order valence-electron chi connectivity index (χ0n) is 18.0. The van der Waals surface area contributed by atoms with Crippen molar-refractivity contribution >= 4 is 22.4 Å². The van der Waals surface area contributed by atoms with Crippen LogP contribution in [0.25, 0.3) is 10.8 Å². The number of carbonyl (C=O) groups excluding carboxylic acids is 1. The van der Waals surface area contributed by atoms with Gasteiger partial charge < -0.3 is 11.1 Å². The first-order valence-electron chi connectivity index (χ1n) is 10.8. The minimum Gasteiger partial charge on any atom is -0.398 e. The molecule has 1 aliphatic rings. The summed E-state index contributed by atoms with van der Waals surface area (Å²) in [4.78, 5) is 13.3. The second kappa shape index (κ2) is 7.90. The van der Waals surface area contributed by atoms with Crippen molar-refractivity contribution in [2.75, 3.05) is 5.73 Å². The fraction of sp³-hybridized carbons (Fsp3) is 0.138. The lowest BCUT2D eigenvalue weighted by Crippen LogP contribution is -2.35. The molecule has 3 N–H and O–H groups in total. The number of nitrogens with two attached hydrogens (primary N) is 1. The van der Waals surface area contributed by atoms with Gasteiger partial charge in [-0.05, 0) is 65.9 Å². The average Bonchev–Trinajstić information content (AvgIpc) is 3.60. The minimum absolute atomic E-state index is 0.0952. The van der Waals surface area contributed by atoms with Crippen molar-refractivity contribution in [1.29, 1.82) is 0 Å². The summed E-state index contributed by atoms with van der Waals surface area (Å²) in [5, 5.41) is 5.68. The average molecular weight is 417 g/mol. The molecule has 0 aliphatic heterocycles. The Kier molecular flexibility index (Phi) is 4.92. The van der Waals surface area contributed by atoms with Gasteiger partial charge in [0.05, 0.1) is 5.54 Å². The number of fused-ring (bicyclic) bond motifs is 1. The Morgan fingerprint density at radius 3 is 2.41 bits per heavy atom. The Morgan fingerprint density at radius 1 is 0.906 bits per heavy atom. The van der Waals surface area contributed by atoms with Gasteiger partial charge in [-0.15, -0.1) is 0 Å². The molecule has 4 aromatic carbocycles. The van der Waals surface area contributed by atoms with Crippen LogP contribution in [-0.4, -0.2) is 5.91 Å². The van der Waals surface area contributed by atoms with Gasteiger partial charge in [0.2, 0.25) is 0 Å². The van der Waals surface area contributed by atoms with Crippen LogP contribution in [0.4, 0.5) is 5.69 Å². The Balaban J connectivity index is 1.43. The number of nitrogens with one attached hydrogen (secondary N) is 1. The molecule has 3 nitrogen and oxygen atoms in total. The lowest BCUT2D eigenvalue weighted by molar-refractivity contribution is 0.0930. The van der Waals surface area contributed by atoms with Crippen molar-refractivity contribution in [3.63, 3.8) is 0 Å². The molecule has 1 fully saturated rings. The summed E-state index contributed by atoms with van der Waals surface area (Å²) >= 11 is 0. The van der Waals surface area contributed by atoms with Gasteiger partial charge in [0.1, 0.15) is 0 Å². The van der Waals surface area contributed by atoms with Crippen LogP contribution in [0.2, 0.25) is 0 Å². The van der Waals surface area contributed by atoms with Crippen LogP contribution < -0.4 is 11.1 Å². The number of benzene rings is 4. The minimum atomic E-state index is -0.315. The SMILES string of the molecule is Cc1cc(C#Cc2ccccc2)c(N)cc1C(=O)NC1(c2cccc3ccccc23)CC1. The summed E-state index contributed by atoms with van der Waals surface area (Å²) in [5.74, 6) is 6.17. The summed E-state index contributed by atoms with van der Waals surface area (Å²) in [6.45, 7) is 1.93.